The number of ether oxygens (including phenoxy) is 3. The predicted molar refractivity (Wildman–Crippen MR) is 101 cm³/mol. The SMILES string of the molecule is CNC(=O)COC(=O)c1cc(OC)c(OC)cc1NC(=O)Cc1cccs1. The van der Waals surface area contributed by atoms with E-state index >= 15 is 0 Å². The molecule has 2 N–H and O–H groups in total. The number of likely N-dealkylation sites (N-methyl/N-ethyl adjacent to an activating group) is 1. The first-order valence-electron chi connectivity index (χ1n) is 7.94. The normalized spacial score (nSPS) is 10.0. The number of anilines is 1. The van der Waals surface area contributed by atoms with Gasteiger partial charge in [-0.15, -0.1) is 11.3 Å². The van der Waals surface area contributed by atoms with E-state index in [0.29, 0.717) is 11.5 Å². The predicted octanol–water partition coefficient (Wildman–Crippen LogP) is 1.85. The molecule has 0 saturated heterocycles. The summed E-state index contributed by atoms with van der Waals surface area (Å²) < 4.78 is 15.4. The maximum atomic E-state index is 12.4. The van der Waals surface area contributed by atoms with Crippen LogP contribution in [0.25, 0.3) is 0 Å². The van der Waals surface area contributed by atoms with Crippen LogP contribution in [-0.4, -0.2) is 45.7 Å². The highest BCUT2D eigenvalue weighted by atomic mass is 32.1. The highest BCUT2D eigenvalue weighted by Gasteiger charge is 2.20. The second kappa shape index (κ2) is 9.58. The van der Waals surface area contributed by atoms with Gasteiger partial charge in [0.1, 0.15) is 0 Å². The van der Waals surface area contributed by atoms with Gasteiger partial charge in [0.15, 0.2) is 18.1 Å². The lowest BCUT2D eigenvalue weighted by atomic mass is 10.1. The molecule has 0 radical (unpaired) electrons. The molecule has 1 aromatic heterocycles. The number of carbonyl (C=O) groups is 3. The van der Waals surface area contributed by atoms with Crippen LogP contribution in [-0.2, 0) is 20.7 Å². The highest BCUT2D eigenvalue weighted by molar-refractivity contribution is 7.10. The van der Waals surface area contributed by atoms with Crippen LogP contribution in [0.4, 0.5) is 5.69 Å². The number of carbonyl (C=O) groups excluding carboxylic acids is 3. The van der Waals surface area contributed by atoms with Crippen molar-refractivity contribution >= 4 is 34.8 Å². The average Bonchev–Trinajstić information content (AvgIpc) is 3.18. The Labute approximate surface area is 160 Å². The molecule has 144 valence electrons. The molecular formula is C18H20N2O6S. The van der Waals surface area contributed by atoms with Gasteiger partial charge in [0.2, 0.25) is 5.91 Å². The molecule has 1 heterocycles. The van der Waals surface area contributed by atoms with Crippen LogP contribution in [0.5, 0.6) is 11.5 Å². The maximum Gasteiger partial charge on any atom is 0.340 e. The summed E-state index contributed by atoms with van der Waals surface area (Å²) in [5.74, 6) is -0.893. The van der Waals surface area contributed by atoms with Crippen molar-refractivity contribution in [1.82, 2.24) is 5.32 Å². The van der Waals surface area contributed by atoms with Crippen LogP contribution in [0.3, 0.4) is 0 Å². The number of benzene rings is 1. The van der Waals surface area contributed by atoms with Crippen molar-refractivity contribution in [2.45, 2.75) is 6.42 Å². The third kappa shape index (κ3) is 5.45. The topological polar surface area (TPSA) is 103 Å². The molecule has 0 fully saturated rings. The van der Waals surface area contributed by atoms with Crippen LogP contribution >= 0.6 is 11.3 Å². The first-order chi connectivity index (χ1) is 13.0. The molecule has 0 spiro atoms. The third-order valence-corrected chi connectivity index (χ3v) is 4.42. The van der Waals surface area contributed by atoms with Gasteiger partial charge in [0.25, 0.3) is 5.91 Å². The number of nitrogens with one attached hydrogen (secondary N) is 2. The molecule has 1 aromatic carbocycles. The van der Waals surface area contributed by atoms with Crippen LogP contribution in [0.15, 0.2) is 29.6 Å². The van der Waals surface area contributed by atoms with Gasteiger partial charge >= 0.3 is 5.97 Å². The summed E-state index contributed by atoms with van der Waals surface area (Å²) in [4.78, 5) is 36.9. The van der Waals surface area contributed by atoms with Crippen molar-refractivity contribution in [2.24, 2.45) is 0 Å². The number of rotatable bonds is 8. The highest BCUT2D eigenvalue weighted by Crippen LogP contribution is 2.34. The van der Waals surface area contributed by atoms with Crippen molar-refractivity contribution in [3.63, 3.8) is 0 Å². The van der Waals surface area contributed by atoms with Gasteiger partial charge in [-0.3, -0.25) is 9.59 Å². The number of hydrogen-bond acceptors (Lipinski definition) is 7. The quantitative estimate of drug-likeness (QED) is 0.665. The van der Waals surface area contributed by atoms with Crippen LogP contribution in [0, 0.1) is 0 Å². The molecule has 27 heavy (non-hydrogen) atoms. The number of amides is 2. The summed E-state index contributed by atoms with van der Waals surface area (Å²) in [5.41, 5.74) is 0.257. The van der Waals surface area contributed by atoms with E-state index in [9.17, 15) is 14.4 Å². The number of hydrogen-bond donors (Lipinski definition) is 2. The summed E-state index contributed by atoms with van der Waals surface area (Å²) in [5, 5.41) is 6.92. The van der Waals surface area contributed by atoms with E-state index in [2.05, 4.69) is 10.6 Å². The number of thiophene rings is 1. The third-order valence-electron chi connectivity index (χ3n) is 3.55. The summed E-state index contributed by atoms with van der Waals surface area (Å²) in [7, 11) is 4.30. The van der Waals surface area contributed by atoms with Gasteiger partial charge in [-0.1, -0.05) is 6.07 Å². The van der Waals surface area contributed by atoms with Gasteiger partial charge in [-0.2, -0.15) is 0 Å². The standard InChI is InChI=1S/C18H20N2O6S/c1-19-17(22)10-26-18(23)12-8-14(24-2)15(25-3)9-13(12)20-16(21)7-11-5-4-6-27-11/h4-6,8-9H,7,10H2,1-3H3,(H,19,22)(H,20,21). The maximum absolute atomic E-state index is 12.4. The van der Waals surface area contributed by atoms with Crippen molar-refractivity contribution in [3.8, 4) is 11.5 Å². The van der Waals surface area contributed by atoms with E-state index in [4.69, 9.17) is 14.2 Å². The van der Waals surface area contributed by atoms with Crippen molar-refractivity contribution in [1.29, 1.82) is 0 Å². The Kier molecular flexibility index (Phi) is 7.18. The second-order valence-corrected chi connectivity index (χ2v) is 6.34. The molecule has 0 bridgehead atoms. The summed E-state index contributed by atoms with van der Waals surface area (Å²) in [6.07, 6.45) is 0.165. The zero-order valence-electron chi connectivity index (χ0n) is 15.2. The Morgan fingerprint density at radius 1 is 1.07 bits per heavy atom. The average molecular weight is 392 g/mol. The Morgan fingerprint density at radius 3 is 2.37 bits per heavy atom. The molecule has 0 atom stereocenters. The Bertz CT molecular complexity index is 820. The van der Waals surface area contributed by atoms with E-state index in [1.54, 1.807) is 0 Å². The number of esters is 1. The van der Waals surface area contributed by atoms with Gasteiger partial charge in [-0.25, -0.2) is 4.79 Å². The van der Waals surface area contributed by atoms with Gasteiger partial charge < -0.3 is 24.8 Å². The van der Waals surface area contributed by atoms with E-state index in [1.807, 2.05) is 17.5 Å². The molecule has 0 unspecified atom stereocenters. The molecular weight excluding hydrogens is 372 g/mol. The molecule has 0 saturated carbocycles. The first kappa shape index (κ1) is 20.2. The van der Waals surface area contributed by atoms with Crippen molar-refractivity contribution in [3.05, 3.63) is 40.1 Å². The lowest BCUT2D eigenvalue weighted by Crippen LogP contribution is -2.25. The minimum atomic E-state index is -0.772. The lowest BCUT2D eigenvalue weighted by Gasteiger charge is -2.15. The molecule has 9 heteroatoms. The molecule has 2 aromatic rings. The van der Waals surface area contributed by atoms with Gasteiger partial charge in [0.05, 0.1) is 31.9 Å². The minimum Gasteiger partial charge on any atom is -0.493 e. The van der Waals surface area contributed by atoms with E-state index in [1.165, 1.54) is 44.7 Å². The number of methoxy groups -OCH3 is 2. The minimum absolute atomic E-state index is 0.0519. The molecule has 0 aliphatic heterocycles. The molecule has 0 aliphatic carbocycles. The van der Waals surface area contributed by atoms with Crippen molar-refractivity contribution in [2.75, 3.05) is 33.2 Å². The lowest BCUT2D eigenvalue weighted by molar-refractivity contribution is -0.123. The summed E-state index contributed by atoms with van der Waals surface area (Å²) in [6.45, 7) is -0.438. The fraction of sp³-hybridized carbons (Fsp3) is 0.278. The summed E-state index contributed by atoms with van der Waals surface area (Å²) in [6, 6.07) is 6.57. The first-order valence-corrected chi connectivity index (χ1v) is 8.82. The van der Waals surface area contributed by atoms with Crippen LogP contribution < -0.4 is 20.1 Å². The van der Waals surface area contributed by atoms with Crippen molar-refractivity contribution < 1.29 is 28.6 Å². The van der Waals surface area contributed by atoms with E-state index in [-0.39, 0.29) is 23.6 Å². The van der Waals surface area contributed by atoms with Crippen LogP contribution in [0.2, 0.25) is 0 Å². The Hall–Kier alpha value is -3.07. The van der Waals surface area contributed by atoms with E-state index < -0.39 is 18.5 Å². The fourth-order valence-electron chi connectivity index (χ4n) is 2.20. The zero-order chi connectivity index (χ0) is 19.8. The Balaban J connectivity index is 2.27. The largest absolute Gasteiger partial charge is 0.493 e. The molecule has 2 rings (SSSR count). The molecule has 8 nitrogen and oxygen atoms in total. The summed E-state index contributed by atoms with van der Waals surface area (Å²) >= 11 is 1.46. The van der Waals surface area contributed by atoms with Gasteiger partial charge in [0, 0.05) is 24.1 Å². The smallest absolute Gasteiger partial charge is 0.340 e. The fourth-order valence-corrected chi connectivity index (χ4v) is 2.90. The second-order valence-electron chi connectivity index (χ2n) is 5.31. The van der Waals surface area contributed by atoms with E-state index in [0.717, 1.165) is 4.88 Å². The zero-order valence-corrected chi connectivity index (χ0v) is 16.0. The Morgan fingerprint density at radius 2 is 1.78 bits per heavy atom. The monoisotopic (exact) mass is 392 g/mol. The van der Waals surface area contributed by atoms with Crippen LogP contribution in [0.1, 0.15) is 15.2 Å². The molecule has 2 amide bonds. The van der Waals surface area contributed by atoms with Gasteiger partial charge in [-0.05, 0) is 11.4 Å². The molecule has 0 aliphatic rings.